The number of para-hydroxylation sites is 1. The van der Waals surface area contributed by atoms with Gasteiger partial charge >= 0.3 is 0 Å². The van der Waals surface area contributed by atoms with Crippen molar-refractivity contribution in [3.63, 3.8) is 0 Å². The Morgan fingerprint density at radius 2 is 1.62 bits per heavy atom. The second-order valence-corrected chi connectivity index (χ2v) is 7.79. The summed E-state index contributed by atoms with van der Waals surface area (Å²) in [5, 5.41) is 4.83. The topological polar surface area (TPSA) is 56.6 Å². The van der Waals surface area contributed by atoms with Gasteiger partial charge in [-0.15, -0.1) is 0 Å². The molecule has 0 atom stereocenters. The summed E-state index contributed by atoms with van der Waals surface area (Å²) in [6, 6.07) is 25.5. The predicted molar refractivity (Wildman–Crippen MR) is 134 cm³/mol. The molecule has 1 amide bonds. The summed E-state index contributed by atoms with van der Waals surface area (Å²) in [7, 11) is 4.97. The highest BCUT2D eigenvalue weighted by atomic mass is 16.5. The average Bonchev–Trinajstić information content (AvgIpc) is 3.31. The Labute approximate surface area is 199 Å². The van der Waals surface area contributed by atoms with Gasteiger partial charge in [0, 0.05) is 37.0 Å². The van der Waals surface area contributed by atoms with E-state index >= 15 is 0 Å². The smallest absolute Gasteiger partial charge is 0.246 e. The third-order valence-corrected chi connectivity index (χ3v) is 5.47. The molecule has 172 valence electrons. The zero-order chi connectivity index (χ0) is 23.9. The van der Waals surface area contributed by atoms with Crippen LogP contribution < -0.4 is 9.47 Å². The average molecular weight is 454 g/mol. The first-order chi connectivity index (χ1) is 16.6. The molecule has 4 aromatic rings. The number of likely N-dealkylation sites (N-methyl/N-ethyl adjacent to an activating group) is 1. The van der Waals surface area contributed by atoms with E-state index in [2.05, 4.69) is 0 Å². The number of carbonyl (C=O) groups is 1. The number of amides is 1. The van der Waals surface area contributed by atoms with Crippen LogP contribution in [-0.4, -0.2) is 41.9 Å². The summed E-state index contributed by atoms with van der Waals surface area (Å²) in [6.45, 7) is 0.423. The molecule has 0 aliphatic carbocycles. The molecule has 0 spiro atoms. The lowest BCUT2D eigenvalue weighted by Crippen LogP contribution is -2.24. The van der Waals surface area contributed by atoms with E-state index in [0.717, 1.165) is 28.1 Å². The largest absolute Gasteiger partial charge is 0.493 e. The number of hydrogen-bond acceptors (Lipinski definition) is 4. The van der Waals surface area contributed by atoms with Gasteiger partial charge in [0.1, 0.15) is 0 Å². The summed E-state index contributed by atoms with van der Waals surface area (Å²) >= 11 is 0. The van der Waals surface area contributed by atoms with Crippen molar-refractivity contribution >= 4 is 12.0 Å². The van der Waals surface area contributed by atoms with E-state index in [1.165, 1.54) is 0 Å². The summed E-state index contributed by atoms with van der Waals surface area (Å²) in [5.74, 6) is 1.15. The third kappa shape index (κ3) is 5.18. The summed E-state index contributed by atoms with van der Waals surface area (Å²) in [4.78, 5) is 14.6. The van der Waals surface area contributed by atoms with E-state index in [4.69, 9.17) is 14.6 Å². The van der Waals surface area contributed by atoms with Crippen molar-refractivity contribution in [3.05, 3.63) is 102 Å². The van der Waals surface area contributed by atoms with Crippen molar-refractivity contribution in [2.24, 2.45) is 0 Å². The van der Waals surface area contributed by atoms with Gasteiger partial charge in [-0.3, -0.25) is 4.79 Å². The van der Waals surface area contributed by atoms with Crippen molar-refractivity contribution in [2.75, 3.05) is 21.3 Å². The van der Waals surface area contributed by atoms with E-state index in [-0.39, 0.29) is 5.91 Å². The minimum atomic E-state index is -0.110. The van der Waals surface area contributed by atoms with Gasteiger partial charge in [-0.25, -0.2) is 4.68 Å². The van der Waals surface area contributed by atoms with Crippen LogP contribution in [-0.2, 0) is 11.3 Å². The Morgan fingerprint density at radius 3 is 2.29 bits per heavy atom. The fourth-order valence-electron chi connectivity index (χ4n) is 3.66. The van der Waals surface area contributed by atoms with Gasteiger partial charge in [0.05, 0.1) is 25.6 Å². The number of ether oxygens (including phenoxy) is 2. The van der Waals surface area contributed by atoms with Gasteiger partial charge in [0.2, 0.25) is 5.91 Å². The zero-order valence-electron chi connectivity index (χ0n) is 19.5. The van der Waals surface area contributed by atoms with Gasteiger partial charge in [0.25, 0.3) is 0 Å². The van der Waals surface area contributed by atoms with E-state index < -0.39 is 0 Å². The Morgan fingerprint density at radius 1 is 0.941 bits per heavy atom. The maximum Gasteiger partial charge on any atom is 0.246 e. The summed E-state index contributed by atoms with van der Waals surface area (Å²) in [5.41, 5.74) is 4.64. The fourth-order valence-corrected chi connectivity index (χ4v) is 3.66. The standard InChI is InChI=1S/C28H27N3O3/c1-30(27(32)17-15-21-14-16-25(33-2)26(18-21)34-3)19-23-20-31(24-12-8-5-9-13-24)29-28(23)22-10-6-4-7-11-22/h4-18,20H,19H2,1-3H3/b17-15+. The van der Waals surface area contributed by atoms with Crippen molar-refractivity contribution in [3.8, 4) is 28.4 Å². The molecule has 6 heteroatoms. The highest BCUT2D eigenvalue weighted by Crippen LogP contribution is 2.28. The van der Waals surface area contributed by atoms with E-state index in [9.17, 15) is 4.79 Å². The molecule has 0 N–H and O–H groups in total. The third-order valence-electron chi connectivity index (χ3n) is 5.47. The molecular weight excluding hydrogens is 426 g/mol. The Hall–Kier alpha value is -4.32. The molecule has 0 saturated heterocycles. The molecule has 0 saturated carbocycles. The van der Waals surface area contributed by atoms with Crippen LogP contribution in [0.3, 0.4) is 0 Å². The van der Waals surface area contributed by atoms with Crippen LogP contribution >= 0.6 is 0 Å². The lowest BCUT2D eigenvalue weighted by Gasteiger charge is -2.15. The highest BCUT2D eigenvalue weighted by molar-refractivity contribution is 5.91. The van der Waals surface area contributed by atoms with Gasteiger partial charge in [-0.05, 0) is 35.9 Å². The van der Waals surface area contributed by atoms with Crippen molar-refractivity contribution in [1.29, 1.82) is 0 Å². The van der Waals surface area contributed by atoms with E-state index in [1.807, 2.05) is 89.7 Å². The fraction of sp³-hybridized carbons (Fsp3) is 0.143. The van der Waals surface area contributed by atoms with Crippen LogP contribution in [0.1, 0.15) is 11.1 Å². The minimum Gasteiger partial charge on any atom is -0.493 e. The molecule has 6 nitrogen and oxygen atoms in total. The molecule has 0 unspecified atom stereocenters. The van der Waals surface area contributed by atoms with Gasteiger partial charge < -0.3 is 14.4 Å². The number of benzene rings is 3. The van der Waals surface area contributed by atoms with Crippen LogP contribution in [0.5, 0.6) is 11.5 Å². The van der Waals surface area contributed by atoms with E-state index in [0.29, 0.717) is 18.0 Å². The Balaban J connectivity index is 1.56. The quantitative estimate of drug-likeness (QED) is 0.343. The lowest BCUT2D eigenvalue weighted by molar-refractivity contribution is -0.125. The second-order valence-electron chi connectivity index (χ2n) is 7.79. The molecule has 34 heavy (non-hydrogen) atoms. The normalized spacial score (nSPS) is 10.9. The molecule has 0 aliphatic heterocycles. The minimum absolute atomic E-state index is 0.110. The number of methoxy groups -OCH3 is 2. The molecular formula is C28H27N3O3. The summed E-state index contributed by atoms with van der Waals surface area (Å²) in [6.07, 6.45) is 5.32. The molecule has 3 aromatic carbocycles. The number of nitrogens with zero attached hydrogens (tertiary/aromatic N) is 3. The van der Waals surface area contributed by atoms with Crippen LogP contribution in [0.15, 0.2) is 91.1 Å². The molecule has 1 heterocycles. The second kappa shape index (κ2) is 10.5. The molecule has 1 aromatic heterocycles. The lowest BCUT2D eigenvalue weighted by atomic mass is 10.1. The number of rotatable bonds is 8. The summed E-state index contributed by atoms with van der Waals surface area (Å²) < 4.78 is 12.5. The first-order valence-electron chi connectivity index (χ1n) is 10.9. The monoisotopic (exact) mass is 453 g/mol. The molecule has 0 fully saturated rings. The maximum absolute atomic E-state index is 12.9. The van der Waals surface area contributed by atoms with Gasteiger partial charge in [-0.1, -0.05) is 54.6 Å². The van der Waals surface area contributed by atoms with Crippen molar-refractivity contribution in [1.82, 2.24) is 14.7 Å². The molecule has 0 radical (unpaired) electrons. The SMILES string of the molecule is COc1ccc(/C=C/C(=O)N(C)Cc2cn(-c3ccccc3)nc2-c2ccccc2)cc1OC. The maximum atomic E-state index is 12.9. The molecule has 4 rings (SSSR count). The number of aromatic nitrogens is 2. The van der Waals surface area contributed by atoms with Crippen LogP contribution in [0.2, 0.25) is 0 Å². The first-order valence-corrected chi connectivity index (χ1v) is 10.9. The van der Waals surface area contributed by atoms with Crippen molar-refractivity contribution in [2.45, 2.75) is 6.54 Å². The van der Waals surface area contributed by atoms with Crippen LogP contribution in [0.4, 0.5) is 0 Å². The van der Waals surface area contributed by atoms with Crippen LogP contribution in [0.25, 0.3) is 23.0 Å². The van der Waals surface area contributed by atoms with E-state index in [1.54, 1.807) is 38.3 Å². The Kier molecular flexibility index (Phi) is 7.08. The van der Waals surface area contributed by atoms with Crippen LogP contribution in [0, 0.1) is 0 Å². The molecule has 0 bridgehead atoms. The first kappa shape index (κ1) is 22.9. The van der Waals surface area contributed by atoms with Crippen molar-refractivity contribution < 1.29 is 14.3 Å². The predicted octanol–water partition coefficient (Wildman–Crippen LogP) is 5.23. The zero-order valence-corrected chi connectivity index (χ0v) is 19.5. The van der Waals surface area contributed by atoms with Gasteiger partial charge in [-0.2, -0.15) is 5.10 Å². The molecule has 0 aliphatic rings. The highest BCUT2D eigenvalue weighted by Gasteiger charge is 2.16. The number of hydrogen-bond donors (Lipinski definition) is 0. The Bertz CT molecular complexity index is 1280. The number of carbonyl (C=O) groups excluding carboxylic acids is 1. The van der Waals surface area contributed by atoms with Gasteiger partial charge in [0.15, 0.2) is 11.5 Å².